The second-order valence-electron chi connectivity index (χ2n) is 9.05. The fraction of sp³-hybridized carbons (Fsp3) is 0.789. The van der Waals surface area contributed by atoms with Crippen molar-refractivity contribution in [3.8, 4) is 0 Å². The van der Waals surface area contributed by atoms with E-state index in [4.69, 9.17) is 9.84 Å². The quantitative estimate of drug-likeness (QED) is 0.891. The zero-order valence-electron chi connectivity index (χ0n) is 17.4. The number of morpholine rings is 1. The molecule has 0 saturated carbocycles. The van der Waals surface area contributed by atoms with E-state index in [-0.39, 0.29) is 17.0 Å². The number of hydrogen-bond acceptors (Lipinski definition) is 4. The summed E-state index contributed by atoms with van der Waals surface area (Å²) in [5, 5.41) is 7.79. The Balaban J connectivity index is 2.03. The molecule has 148 valence electrons. The van der Waals surface area contributed by atoms with Gasteiger partial charge in [-0.25, -0.2) is 9.48 Å². The lowest BCUT2D eigenvalue weighted by Crippen LogP contribution is -2.43. The van der Waals surface area contributed by atoms with Gasteiger partial charge >= 0.3 is 6.03 Å². The second-order valence-corrected chi connectivity index (χ2v) is 9.05. The molecule has 1 aromatic heterocycles. The Bertz CT molecular complexity index is 606. The summed E-state index contributed by atoms with van der Waals surface area (Å²) in [5.41, 5.74) is 0.690. The van der Waals surface area contributed by atoms with Crippen LogP contribution in [0.1, 0.15) is 47.2 Å². The fourth-order valence-electron chi connectivity index (χ4n) is 2.77. The lowest BCUT2D eigenvalue weighted by Gasteiger charge is -2.29. The Morgan fingerprint density at radius 2 is 1.85 bits per heavy atom. The standard InChI is InChI=1S/C19H35N5O2/c1-18(2,3)15-14-16(24(21-15)19(4,5)6)20-17(25)22(7)8-9-23-10-12-26-13-11-23/h14H,8-13H2,1-7H3,(H,20,25). The van der Waals surface area contributed by atoms with Gasteiger partial charge in [0.15, 0.2) is 0 Å². The second kappa shape index (κ2) is 7.96. The first kappa shape index (κ1) is 20.7. The maximum absolute atomic E-state index is 12.7. The van der Waals surface area contributed by atoms with Crippen LogP contribution in [0.25, 0.3) is 0 Å². The van der Waals surface area contributed by atoms with Crippen LogP contribution in [-0.4, -0.2) is 72.1 Å². The Kier molecular flexibility index (Phi) is 6.34. The van der Waals surface area contributed by atoms with Gasteiger partial charge in [0.05, 0.1) is 24.4 Å². The third-order valence-corrected chi connectivity index (χ3v) is 4.55. The molecule has 2 heterocycles. The molecule has 0 atom stereocenters. The molecular weight excluding hydrogens is 330 g/mol. The Hall–Kier alpha value is -1.60. The minimum absolute atomic E-state index is 0.0712. The maximum atomic E-state index is 12.7. The van der Waals surface area contributed by atoms with Crippen molar-refractivity contribution in [2.75, 3.05) is 51.8 Å². The summed E-state index contributed by atoms with van der Waals surface area (Å²) in [7, 11) is 1.83. The number of nitrogens with zero attached hydrogens (tertiary/aromatic N) is 4. The van der Waals surface area contributed by atoms with Gasteiger partial charge in [-0.1, -0.05) is 20.8 Å². The van der Waals surface area contributed by atoms with Crippen LogP contribution in [0.15, 0.2) is 6.07 Å². The van der Waals surface area contributed by atoms with E-state index < -0.39 is 0 Å². The van der Waals surface area contributed by atoms with Crippen LogP contribution in [0.3, 0.4) is 0 Å². The van der Waals surface area contributed by atoms with E-state index in [0.717, 1.165) is 44.4 Å². The minimum atomic E-state index is -0.210. The van der Waals surface area contributed by atoms with Crippen molar-refractivity contribution in [2.24, 2.45) is 0 Å². The molecule has 0 aliphatic carbocycles. The molecule has 0 spiro atoms. The van der Waals surface area contributed by atoms with Gasteiger partial charge in [0.25, 0.3) is 0 Å². The first-order valence-electron chi connectivity index (χ1n) is 9.42. The molecular formula is C19H35N5O2. The zero-order chi connectivity index (χ0) is 19.5. The Labute approximate surface area is 157 Å². The van der Waals surface area contributed by atoms with Crippen molar-refractivity contribution in [2.45, 2.75) is 52.5 Å². The number of carbonyl (C=O) groups excluding carboxylic acids is 1. The van der Waals surface area contributed by atoms with Crippen LogP contribution in [0.4, 0.5) is 10.6 Å². The minimum Gasteiger partial charge on any atom is -0.379 e. The molecule has 2 amide bonds. The topological polar surface area (TPSA) is 62.6 Å². The lowest BCUT2D eigenvalue weighted by atomic mass is 9.92. The molecule has 0 unspecified atom stereocenters. The van der Waals surface area contributed by atoms with Crippen molar-refractivity contribution < 1.29 is 9.53 Å². The van der Waals surface area contributed by atoms with Crippen molar-refractivity contribution in [1.82, 2.24) is 19.6 Å². The third kappa shape index (κ3) is 5.45. The first-order chi connectivity index (χ1) is 12.0. The molecule has 1 saturated heterocycles. The number of urea groups is 1. The number of hydrogen-bond donors (Lipinski definition) is 1. The number of aromatic nitrogens is 2. The molecule has 7 heteroatoms. The van der Waals surface area contributed by atoms with Gasteiger partial charge in [0.1, 0.15) is 5.82 Å². The molecule has 0 aromatic carbocycles. The monoisotopic (exact) mass is 365 g/mol. The molecule has 0 radical (unpaired) electrons. The first-order valence-corrected chi connectivity index (χ1v) is 9.42. The highest BCUT2D eigenvalue weighted by atomic mass is 16.5. The van der Waals surface area contributed by atoms with Crippen LogP contribution in [0.5, 0.6) is 0 Å². The molecule has 1 fully saturated rings. The van der Waals surface area contributed by atoms with Crippen molar-refractivity contribution in [3.05, 3.63) is 11.8 Å². The van der Waals surface area contributed by atoms with Gasteiger partial charge in [-0.05, 0) is 20.8 Å². The SMILES string of the molecule is CN(CCN1CCOCC1)C(=O)Nc1cc(C(C)(C)C)nn1C(C)(C)C. The van der Waals surface area contributed by atoms with Gasteiger partial charge < -0.3 is 9.64 Å². The molecule has 1 aromatic rings. The molecule has 7 nitrogen and oxygen atoms in total. The predicted molar refractivity (Wildman–Crippen MR) is 105 cm³/mol. The van der Waals surface area contributed by atoms with Crippen LogP contribution in [-0.2, 0) is 15.7 Å². The zero-order valence-corrected chi connectivity index (χ0v) is 17.4. The summed E-state index contributed by atoms with van der Waals surface area (Å²) in [6.45, 7) is 17.6. The highest BCUT2D eigenvalue weighted by Crippen LogP contribution is 2.28. The van der Waals surface area contributed by atoms with Gasteiger partial charge in [-0.15, -0.1) is 0 Å². The number of nitrogens with one attached hydrogen (secondary N) is 1. The van der Waals surface area contributed by atoms with E-state index in [1.165, 1.54) is 0 Å². The van der Waals surface area contributed by atoms with E-state index in [1.54, 1.807) is 4.90 Å². The Morgan fingerprint density at radius 3 is 2.38 bits per heavy atom. The van der Waals surface area contributed by atoms with Crippen LogP contribution >= 0.6 is 0 Å². The summed E-state index contributed by atoms with van der Waals surface area (Å²) < 4.78 is 7.27. The average molecular weight is 366 g/mol. The highest BCUT2D eigenvalue weighted by molar-refractivity contribution is 5.88. The van der Waals surface area contributed by atoms with Gasteiger partial charge in [-0.3, -0.25) is 10.2 Å². The van der Waals surface area contributed by atoms with E-state index in [2.05, 4.69) is 51.8 Å². The summed E-state index contributed by atoms with van der Waals surface area (Å²) >= 11 is 0. The predicted octanol–water partition coefficient (Wildman–Crippen LogP) is 2.73. The number of rotatable bonds is 4. The van der Waals surface area contributed by atoms with Crippen LogP contribution in [0, 0.1) is 0 Å². The number of ether oxygens (including phenoxy) is 1. The van der Waals surface area contributed by atoms with E-state index in [1.807, 2.05) is 17.8 Å². The van der Waals surface area contributed by atoms with Crippen LogP contribution in [0.2, 0.25) is 0 Å². The van der Waals surface area contributed by atoms with Crippen LogP contribution < -0.4 is 5.32 Å². The van der Waals surface area contributed by atoms with Crippen molar-refractivity contribution >= 4 is 11.8 Å². The lowest BCUT2D eigenvalue weighted by molar-refractivity contribution is 0.0359. The maximum Gasteiger partial charge on any atom is 0.322 e. The van der Waals surface area contributed by atoms with Crippen molar-refractivity contribution in [3.63, 3.8) is 0 Å². The van der Waals surface area contributed by atoms with Gasteiger partial charge in [0, 0.05) is 44.7 Å². The number of likely N-dealkylation sites (N-methyl/N-ethyl adjacent to an activating group) is 1. The molecule has 1 aliphatic rings. The molecule has 2 rings (SSSR count). The molecule has 1 aliphatic heterocycles. The smallest absolute Gasteiger partial charge is 0.322 e. The number of amides is 2. The van der Waals surface area contributed by atoms with E-state index in [0.29, 0.717) is 6.54 Å². The largest absolute Gasteiger partial charge is 0.379 e. The average Bonchev–Trinajstić information content (AvgIpc) is 2.98. The van der Waals surface area contributed by atoms with Gasteiger partial charge in [0.2, 0.25) is 0 Å². The number of carbonyl (C=O) groups is 1. The molecule has 26 heavy (non-hydrogen) atoms. The molecule has 1 N–H and O–H groups in total. The van der Waals surface area contributed by atoms with Gasteiger partial charge in [-0.2, -0.15) is 5.10 Å². The number of anilines is 1. The summed E-state index contributed by atoms with van der Waals surface area (Å²) in [6.07, 6.45) is 0. The third-order valence-electron chi connectivity index (χ3n) is 4.55. The summed E-state index contributed by atoms with van der Waals surface area (Å²) in [6, 6.07) is 1.88. The fourth-order valence-corrected chi connectivity index (χ4v) is 2.77. The summed E-state index contributed by atoms with van der Waals surface area (Å²) in [4.78, 5) is 16.7. The summed E-state index contributed by atoms with van der Waals surface area (Å²) in [5.74, 6) is 0.741. The highest BCUT2D eigenvalue weighted by Gasteiger charge is 2.26. The van der Waals surface area contributed by atoms with E-state index in [9.17, 15) is 4.79 Å². The normalized spacial score (nSPS) is 16.6. The Morgan fingerprint density at radius 1 is 1.23 bits per heavy atom. The molecule has 0 bridgehead atoms. The van der Waals surface area contributed by atoms with E-state index >= 15 is 0 Å². The van der Waals surface area contributed by atoms with Crippen molar-refractivity contribution in [1.29, 1.82) is 0 Å².